The SMILES string of the molecule is NCC(O)C(Cc1ccccc1)N(Cc1ccccc1)Cc1ccccc1. The maximum Gasteiger partial charge on any atom is 0.0820 e. The summed E-state index contributed by atoms with van der Waals surface area (Å²) < 4.78 is 0. The Hall–Kier alpha value is -2.46. The van der Waals surface area contributed by atoms with E-state index in [0.29, 0.717) is 0 Å². The van der Waals surface area contributed by atoms with Crippen LogP contribution in [0.3, 0.4) is 0 Å². The lowest BCUT2D eigenvalue weighted by molar-refractivity contribution is 0.0445. The molecule has 0 aliphatic heterocycles. The van der Waals surface area contributed by atoms with E-state index < -0.39 is 6.10 Å². The van der Waals surface area contributed by atoms with Crippen LogP contribution in [0, 0.1) is 0 Å². The van der Waals surface area contributed by atoms with E-state index in [0.717, 1.165) is 19.5 Å². The van der Waals surface area contributed by atoms with Crippen molar-refractivity contribution < 1.29 is 5.11 Å². The highest BCUT2D eigenvalue weighted by Gasteiger charge is 2.26. The van der Waals surface area contributed by atoms with Gasteiger partial charge in [0.25, 0.3) is 0 Å². The summed E-state index contributed by atoms with van der Waals surface area (Å²) in [6, 6.07) is 31.1. The molecule has 3 aromatic rings. The molecular formula is C24H28N2O. The average molecular weight is 361 g/mol. The number of benzene rings is 3. The summed E-state index contributed by atoms with van der Waals surface area (Å²) in [5.74, 6) is 0. The number of hydrogen-bond donors (Lipinski definition) is 2. The van der Waals surface area contributed by atoms with Gasteiger partial charge >= 0.3 is 0 Å². The molecule has 0 bridgehead atoms. The van der Waals surface area contributed by atoms with E-state index in [1.165, 1.54) is 16.7 Å². The van der Waals surface area contributed by atoms with Gasteiger partial charge in [-0.25, -0.2) is 0 Å². The molecule has 0 saturated heterocycles. The summed E-state index contributed by atoms with van der Waals surface area (Å²) in [6.45, 7) is 1.78. The highest BCUT2D eigenvalue weighted by Crippen LogP contribution is 2.19. The fraction of sp³-hybridized carbons (Fsp3) is 0.250. The van der Waals surface area contributed by atoms with Gasteiger partial charge in [-0.15, -0.1) is 0 Å². The van der Waals surface area contributed by atoms with Crippen LogP contribution in [0.1, 0.15) is 16.7 Å². The van der Waals surface area contributed by atoms with Crippen LogP contribution in [-0.4, -0.2) is 28.7 Å². The second-order valence-corrected chi connectivity index (χ2v) is 6.94. The van der Waals surface area contributed by atoms with Crippen LogP contribution in [0.5, 0.6) is 0 Å². The largest absolute Gasteiger partial charge is 0.390 e. The van der Waals surface area contributed by atoms with Crippen molar-refractivity contribution in [3.05, 3.63) is 108 Å². The normalized spacial score (nSPS) is 13.4. The second-order valence-electron chi connectivity index (χ2n) is 6.94. The maximum atomic E-state index is 10.7. The third kappa shape index (κ3) is 5.76. The molecule has 0 aliphatic rings. The lowest BCUT2D eigenvalue weighted by Gasteiger charge is -2.35. The van der Waals surface area contributed by atoms with Crippen LogP contribution in [0.15, 0.2) is 91.0 Å². The van der Waals surface area contributed by atoms with Crippen LogP contribution in [0.25, 0.3) is 0 Å². The zero-order valence-electron chi connectivity index (χ0n) is 15.6. The van der Waals surface area contributed by atoms with Crippen LogP contribution >= 0.6 is 0 Å². The number of aliphatic hydroxyl groups is 1. The van der Waals surface area contributed by atoms with Gasteiger partial charge in [0.1, 0.15) is 0 Å². The van der Waals surface area contributed by atoms with Crippen molar-refractivity contribution in [2.24, 2.45) is 5.73 Å². The highest BCUT2D eigenvalue weighted by atomic mass is 16.3. The average Bonchev–Trinajstić information content (AvgIpc) is 2.73. The summed E-state index contributed by atoms with van der Waals surface area (Å²) in [4.78, 5) is 2.34. The van der Waals surface area contributed by atoms with E-state index in [1.807, 2.05) is 30.3 Å². The van der Waals surface area contributed by atoms with Gasteiger partial charge in [0.2, 0.25) is 0 Å². The smallest absolute Gasteiger partial charge is 0.0820 e. The van der Waals surface area contributed by atoms with E-state index in [4.69, 9.17) is 5.73 Å². The third-order valence-corrected chi connectivity index (χ3v) is 4.90. The third-order valence-electron chi connectivity index (χ3n) is 4.90. The number of nitrogens with zero attached hydrogens (tertiary/aromatic N) is 1. The van der Waals surface area contributed by atoms with Crippen molar-refractivity contribution in [2.45, 2.75) is 31.7 Å². The maximum absolute atomic E-state index is 10.7. The van der Waals surface area contributed by atoms with Gasteiger partial charge in [0.05, 0.1) is 6.10 Å². The molecule has 2 atom stereocenters. The van der Waals surface area contributed by atoms with Crippen LogP contribution in [0.2, 0.25) is 0 Å². The van der Waals surface area contributed by atoms with Gasteiger partial charge in [-0.05, 0) is 23.1 Å². The quantitative estimate of drug-likeness (QED) is 0.613. The van der Waals surface area contributed by atoms with Gasteiger partial charge in [-0.3, -0.25) is 4.90 Å². The Morgan fingerprint density at radius 1 is 0.667 bits per heavy atom. The van der Waals surface area contributed by atoms with E-state index in [-0.39, 0.29) is 12.6 Å². The van der Waals surface area contributed by atoms with Gasteiger partial charge < -0.3 is 10.8 Å². The van der Waals surface area contributed by atoms with Crippen molar-refractivity contribution in [2.75, 3.05) is 6.54 Å². The standard InChI is InChI=1S/C24H28N2O/c25-17-24(27)23(16-20-10-4-1-5-11-20)26(18-21-12-6-2-7-13-21)19-22-14-8-3-9-15-22/h1-15,23-24,27H,16-19,25H2. The molecule has 0 aliphatic carbocycles. The lowest BCUT2D eigenvalue weighted by Crippen LogP contribution is -2.47. The van der Waals surface area contributed by atoms with Gasteiger partial charge in [-0.1, -0.05) is 91.0 Å². The Bertz CT molecular complexity index is 736. The summed E-state index contributed by atoms with van der Waals surface area (Å²) in [6.07, 6.45) is 0.177. The molecule has 3 aromatic carbocycles. The molecule has 0 heterocycles. The van der Waals surface area contributed by atoms with Crippen molar-refractivity contribution in [1.29, 1.82) is 0 Å². The number of hydrogen-bond acceptors (Lipinski definition) is 3. The second kappa shape index (κ2) is 10.0. The number of rotatable bonds is 9. The Morgan fingerprint density at radius 3 is 1.48 bits per heavy atom. The molecule has 27 heavy (non-hydrogen) atoms. The van der Waals surface area contributed by atoms with Crippen molar-refractivity contribution in [3.63, 3.8) is 0 Å². The van der Waals surface area contributed by atoms with E-state index in [9.17, 15) is 5.11 Å². The summed E-state index contributed by atoms with van der Waals surface area (Å²) in [5, 5.41) is 10.7. The first-order valence-corrected chi connectivity index (χ1v) is 9.50. The molecule has 3 rings (SSSR count). The fourth-order valence-corrected chi connectivity index (χ4v) is 3.45. The Morgan fingerprint density at radius 2 is 1.07 bits per heavy atom. The van der Waals surface area contributed by atoms with Crippen molar-refractivity contribution in [1.82, 2.24) is 4.90 Å². The Labute approximate surface area is 162 Å². The van der Waals surface area contributed by atoms with E-state index in [2.05, 4.69) is 65.6 Å². The van der Waals surface area contributed by atoms with Crippen molar-refractivity contribution in [3.8, 4) is 0 Å². The molecule has 0 radical (unpaired) electrons. The molecule has 3 heteroatoms. The molecule has 0 saturated carbocycles. The van der Waals surface area contributed by atoms with Crippen molar-refractivity contribution >= 4 is 0 Å². The molecule has 140 valence electrons. The van der Waals surface area contributed by atoms with Gasteiger partial charge in [0.15, 0.2) is 0 Å². The number of nitrogens with two attached hydrogens (primary N) is 1. The zero-order chi connectivity index (χ0) is 18.9. The zero-order valence-corrected chi connectivity index (χ0v) is 15.6. The van der Waals surface area contributed by atoms with Crippen LogP contribution in [-0.2, 0) is 19.5 Å². The first-order valence-electron chi connectivity index (χ1n) is 9.50. The molecule has 2 unspecified atom stereocenters. The molecular weight excluding hydrogens is 332 g/mol. The molecule has 0 aromatic heterocycles. The minimum absolute atomic E-state index is 0.0576. The summed E-state index contributed by atoms with van der Waals surface area (Å²) >= 11 is 0. The Balaban J connectivity index is 1.88. The number of aliphatic hydroxyl groups excluding tert-OH is 1. The van der Waals surface area contributed by atoms with Gasteiger partial charge in [-0.2, -0.15) is 0 Å². The highest BCUT2D eigenvalue weighted by molar-refractivity contribution is 5.20. The van der Waals surface area contributed by atoms with Crippen LogP contribution < -0.4 is 5.73 Å². The predicted molar refractivity (Wildman–Crippen MR) is 111 cm³/mol. The first kappa shape index (κ1) is 19.3. The fourth-order valence-electron chi connectivity index (χ4n) is 3.45. The molecule has 0 amide bonds. The molecule has 0 fully saturated rings. The molecule has 0 spiro atoms. The molecule has 3 N–H and O–H groups in total. The minimum Gasteiger partial charge on any atom is -0.390 e. The monoisotopic (exact) mass is 360 g/mol. The van der Waals surface area contributed by atoms with Gasteiger partial charge in [0, 0.05) is 25.7 Å². The summed E-state index contributed by atoms with van der Waals surface area (Å²) in [5.41, 5.74) is 9.55. The summed E-state index contributed by atoms with van der Waals surface area (Å²) in [7, 11) is 0. The van der Waals surface area contributed by atoms with E-state index in [1.54, 1.807) is 0 Å². The lowest BCUT2D eigenvalue weighted by atomic mass is 9.98. The predicted octanol–water partition coefficient (Wildman–Crippen LogP) is 3.62. The van der Waals surface area contributed by atoms with E-state index >= 15 is 0 Å². The first-order chi connectivity index (χ1) is 13.3. The minimum atomic E-state index is -0.586. The Kier molecular flexibility index (Phi) is 7.17. The van der Waals surface area contributed by atoms with Crippen LogP contribution in [0.4, 0.5) is 0 Å². The topological polar surface area (TPSA) is 49.5 Å². The molecule has 3 nitrogen and oxygen atoms in total.